The van der Waals surface area contributed by atoms with Gasteiger partial charge in [-0.1, -0.05) is 12.1 Å². The number of anilines is 1. The summed E-state index contributed by atoms with van der Waals surface area (Å²) in [7, 11) is 3.35. The Morgan fingerprint density at radius 2 is 2.00 bits per heavy atom. The van der Waals surface area contributed by atoms with Crippen molar-refractivity contribution < 1.29 is 14.0 Å². The Bertz CT molecular complexity index is 677. The van der Waals surface area contributed by atoms with Gasteiger partial charge in [0.2, 0.25) is 0 Å². The lowest BCUT2D eigenvalue weighted by Crippen LogP contribution is -2.27. The van der Waals surface area contributed by atoms with Crippen LogP contribution in [-0.4, -0.2) is 30.9 Å². The molecule has 0 aliphatic heterocycles. The molecular weight excluding hydrogens is 282 g/mol. The van der Waals surface area contributed by atoms with Crippen molar-refractivity contribution in [2.75, 3.05) is 19.4 Å². The summed E-state index contributed by atoms with van der Waals surface area (Å²) in [5, 5.41) is 5.59. The van der Waals surface area contributed by atoms with Crippen LogP contribution in [0.4, 0.5) is 10.5 Å². The van der Waals surface area contributed by atoms with Gasteiger partial charge < -0.3 is 20.0 Å². The second kappa shape index (κ2) is 6.80. The number of nitrogens with one attached hydrogen (secondary N) is 2. The van der Waals surface area contributed by atoms with Crippen LogP contribution in [0.1, 0.15) is 21.7 Å². The maximum atomic E-state index is 12.0. The summed E-state index contributed by atoms with van der Waals surface area (Å²) in [6.45, 7) is 2.11. The predicted molar refractivity (Wildman–Crippen MR) is 83.8 cm³/mol. The number of furan rings is 1. The van der Waals surface area contributed by atoms with Crippen molar-refractivity contribution in [3.8, 4) is 0 Å². The number of carbonyl (C=O) groups excluding carboxylic acids is 2. The number of nitrogens with zero attached hydrogens (tertiary/aromatic N) is 1. The van der Waals surface area contributed by atoms with E-state index < -0.39 is 0 Å². The average molecular weight is 301 g/mol. The molecule has 2 aromatic rings. The van der Waals surface area contributed by atoms with Gasteiger partial charge in [-0.05, 0) is 30.7 Å². The highest BCUT2D eigenvalue weighted by Crippen LogP contribution is 2.12. The first-order chi connectivity index (χ1) is 10.5. The predicted octanol–water partition coefficient (Wildman–Crippen LogP) is 2.61. The molecule has 0 unspecified atom stereocenters. The quantitative estimate of drug-likeness (QED) is 0.911. The Kier molecular flexibility index (Phi) is 4.83. The molecule has 0 fully saturated rings. The standard InChI is InChI=1S/C16H19N3O3/c1-11-14(7-8-22-11)15(20)17-10-12-5-4-6-13(9-12)18-16(21)19(2)3/h4-9H,10H2,1-3H3,(H,17,20)(H,18,21). The molecule has 6 heteroatoms. The van der Waals surface area contributed by atoms with Crippen molar-refractivity contribution in [2.45, 2.75) is 13.5 Å². The summed E-state index contributed by atoms with van der Waals surface area (Å²) < 4.78 is 5.11. The van der Waals surface area contributed by atoms with Crippen LogP contribution < -0.4 is 10.6 Å². The fourth-order valence-electron chi connectivity index (χ4n) is 1.89. The fourth-order valence-corrected chi connectivity index (χ4v) is 1.89. The first kappa shape index (κ1) is 15.6. The molecule has 0 radical (unpaired) electrons. The zero-order valence-corrected chi connectivity index (χ0v) is 12.8. The molecule has 0 bridgehead atoms. The average Bonchev–Trinajstić information content (AvgIpc) is 2.91. The molecule has 6 nitrogen and oxygen atoms in total. The number of hydrogen-bond donors (Lipinski definition) is 2. The molecule has 1 aromatic heterocycles. The van der Waals surface area contributed by atoms with Gasteiger partial charge in [0.05, 0.1) is 11.8 Å². The Hall–Kier alpha value is -2.76. The molecular formula is C16H19N3O3. The van der Waals surface area contributed by atoms with Crippen LogP contribution in [0.2, 0.25) is 0 Å². The molecule has 0 aliphatic rings. The topological polar surface area (TPSA) is 74.6 Å². The van der Waals surface area contributed by atoms with Gasteiger partial charge in [-0.15, -0.1) is 0 Å². The van der Waals surface area contributed by atoms with E-state index in [4.69, 9.17) is 4.42 Å². The normalized spacial score (nSPS) is 10.1. The van der Waals surface area contributed by atoms with E-state index in [2.05, 4.69) is 10.6 Å². The fraction of sp³-hybridized carbons (Fsp3) is 0.250. The second-order valence-corrected chi connectivity index (χ2v) is 5.10. The molecule has 2 rings (SSSR count). The van der Waals surface area contributed by atoms with Crippen LogP contribution in [0.15, 0.2) is 41.0 Å². The highest BCUT2D eigenvalue weighted by Gasteiger charge is 2.11. The summed E-state index contributed by atoms with van der Waals surface area (Å²) in [5.41, 5.74) is 2.10. The van der Waals surface area contributed by atoms with E-state index in [9.17, 15) is 9.59 Å². The van der Waals surface area contributed by atoms with Crippen LogP contribution in [-0.2, 0) is 6.54 Å². The van der Waals surface area contributed by atoms with Crippen molar-refractivity contribution in [1.29, 1.82) is 0 Å². The zero-order chi connectivity index (χ0) is 16.1. The lowest BCUT2D eigenvalue weighted by Gasteiger charge is -2.13. The van der Waals surface area contributed by atoms with Crippen molar-refractivity contribution in [3.63, 3.8) is 0 Å². The maximum absolute atomic E-state index is 12.0. The SMILES string of the molecule is Cc1occc1C(=O)NCc1cccc(NC(=O)N(C)C)c1. The highest BCUT2D eigenvalue weighted by molar-refractivity contribution is 5.95. The largest absolute Gasteiger partial charge is 0.469 e. The summed E-state index contributed by atoms with van der Waals surface area (Å²) >= 11 is 0. The Balaban J connectivity index is 1.97. The molecule has 0 atom stereocenters. The zero-order valence-electron chi connectivity index (χ0n) is 12.8. The van der Waals surface area contributed by atoms with E-state index in [1.54, 1.807) is 33.2 Å². The van der Waals surface area contributed by atoms with Gasteiger partial charge in [-0.2, -0.15) is 0 Å². The van der Waals surface area contributed by atoms with Crippen molar-refractivity contribution in [1.82, 2.24) is 10.2 Å². The van der Waals surface area contributed by atoms with Gasteiger partial charge in [0, 0.05) is 26.3 Å². The summed E-state index contributed by atoms with van der Waals surface area (Å²) in [4.78, 5) is 25.1. The number of urea groups is 1. The van der Waals surface area contributed by atoms with E-state index in [1.165, 1.54) is 11.2 Å². The van der Waals surface area contributed by atoms with E-state index >= 15 is 0 Å². The summed E-state index contributed by atoms with van der Waals surface area (Å²) in [5.74, 6) is 0.401. The molecule has 0 spiro atoms. The van der Waals surface area contributed by atoms with Crippen LogP contribution >= 0.6 is 0 Å². The Morgan fingerprint density at radius 3 is 2.64 bits per heavy atom. The monoisotopic (exact) mass is 301 g/mol. The third-order valence-corrected chi connectivity index (χ3v) is 3.14. The third kappa shape index (κ3) is 3.88. The van der Waals surface area contributed by atoms with E-state index in [0.29, 0.717) is 23.6 Å². The van der Waals surface area contributed by atoms with Crippen LogP contribution in [0, 0.1) is 6.92 Å². The molecule has 0 saturated carbocycles. The molecule has 0 saturated heterocycles. The number of hydrogen-bond acceptors (Lipinski definition) is 3. The van der Waals surface area contributed by atoms with E-state index in [-0.39, 0.29) is 11.9 Å². The van der Waals surface area contributed by atoms with Gasteiger partial charge in [0.15, 0.2) is 0 Å². The van der Waals surface area contributed by atoms with E-state index in [0.717, 1.165) is 5.56 Å². The smallest absolute Gasteiger partial charge is 0.321 e. The third-order valence-electron chi connectivity index (χ3n) is 3.14. The summed E-state index contributed by atoms with van der Waals surface area (Å²) in [6, 6.07) is 8.77. The lowest BCUT2D eigenvalue weighted by atomic mass is 10.2. The molecule has 0 aliphatic carbocycles. The lowest BCUT2D eigenvalue weighted by molar-refractivity contribution is 0.0949. The number of benzene rings is 1. The minimum Gasteiger partial charge on any atom is -0.469 e. The molecule has 3 amide bonds. The summed E-state index contributed by atoms with van der Waals surface area (Å²) in [6.07, 6.45) is 1.49. The number of amides is 3. The van der Waals surface area contributed by atoms with Crippen LogP contribution in [0.3, 0.4) is 0 Å². The molecule has 2 N–H and O–H groups in total. The molecule has 1 aromatic carbocycles. The molecule has 116 valence electrons. The van der Waals surface area contributed by atoms with E-state index in [1.807, 2.05) is 18.2 Å². The van der Waals surface area contributed by atoms with Crippen molar-refractivity contribution in [2.24, 2.45) is 0 Å². The van der Waals surface area contributed by atoms with Crippen molar-refractivity contribution >= 4 is 17.6 Å². The van der Waals surface area contributed by atoms with Gasteiger partial charge in [0.25, 0.3) is 5.91 Å². The minimum absolute atomic E-state index is 0.186. The Morgan fingerprint density at radius 1 is 1.23 bits per heavy atom. The molecule has 22 heavy (non-hydrogen) atoms. The van der Waals surface area contributed by atoms with Crippen LogP contribution in [0.25, 0.3) is 0 Å². The Labute approximate surface area is 129 Å². The maximum Gasteiger partial charge on any atom is 0.321 e. The first-order valence-corrected chi connectivity index (χ1v) is 6.87. The molecule has 1 heterocycles. The second-order valence-electron chi connectivity index (χ2n) is 5.10. The number of carbonyl (C=O) groups is 2. The number of aryl methyl sites for hydroxylation is 1. The van der Waals surface area contributed by atoms with Gasteiger partial charge >= 0.3 is 6.03 Å². The number of rotatable bonds is 4. The van der Waals surface area contributed by atoms with Gasteiger partial charge in [0.1, 0.15) is 5.76 Å². The van der Waals surface area contributed by atoms with Gasteiger partial charge in [-0.25, -0.2) is 4.79 Å². The van der Waals surface area contributed by atoms with Crippen molar-refractivity contribution in [3.05, 3.63) is 53.5 Å². The van der Waals surface area contributed by atoms with Crippen LogP contribution in [0.5, 0.6) is 0 Å². The first-order valence-electron chi connectivity index (χ1n) is 6.87. The minimum atomic E-state index is -0.199. The van der Waals surface area contributed by atoms with Gasteiger partial charge in [-0.3, -0.25) is 4.79 Å². The highest BCUT2D eigenvalue weighted by atomic mass is 16.3.